The van der Waals surface area contributed by atoms with Crippen molar-refractivity contribution >= 4 is 11.9 Å². The number of phenolic OH excluding ortho intramolecular Hbond substituents is 1. The summed E-state index contributed by atoms with van der Waals surface area (Å²) in [5.74, 6) is -1.39. The van der Waals surface area contributed by atoms with Crippen LogP contribution in [0, 0.1) is 0 Å². The number of benzene rings is 1. The van der Waals surface area contributed by atoms with Crippen LogP contribution in [-0.2, 0) is 20.7 Å². The Labute approximate surface area is 103 Å². The van der Waals surface area contributed by atoms with Crippen LogP contribution in [0.15, 0.2) is 24.3 Å². The number of rotatable bonds is 5. The van der Waals surface area contributed by atoms with Gasteiger partial charge in [-0.2, -0.15) is 0 Å². The van der Waals surface area contributed by atoms with E-state index < -0.39 is 24.0 Å². The molecule has 0 aliphatic carbocycles. The van der Waals surface area contributed by atoms with Crippen LogP contribution < -0.4 is 5.32 Å². The summed E-state index contributed by atoms with van der Waals surface area (Å²) in [6, 6.07) is 5.18. The van der Waals surface area contributed by atoms with E-state index in [1.165, 1.54) is 12.1 Å². The van der Waals surface area contributed by atoms with E-state index in [9.17, 15) is 9.59 Å². The summed E-state index contributed by atoms with van der Waals surface area (Å²) in [5.41, 5.74) is 0.720. The summed E-state index contributed by atoms with van der Waals surface area (Å²) in [5, 5.41) is 20.6. The molecule has 6 heteroatoms. The first kappa shape index (κ1) is 12.4. The van der Waals surface area contributed by atoms with Gasteiger partial charge in [-0.15, -0.1) is 0 Å². The highest BCUT2D eigenvalue weighted by atomic mass is 16.6. The molecule has 1 aromatic rings. The fourth-order valence-electron chi connectivity index (χ4n) is 1.53. The van der Waals surface area contributed by atoms with E-state index in [0.717, 1.165) is 5.56 Å². The molecule has 1 fully saturated rings. The Balaban J connectivity index is 1.99. The lowest BCUT2D eigenvalue weighted by Crippen LogP contribution is -2.44. The number of hydrogen-bond acceptors (Lipinski definition) is 4. The Bertz CT molecular complexity index is 452. The maximum absolute atomic E-state index is 11.4. The molecule has 6 nitrogen and oxygen atoms in total. The topological polar surface area (TPSA) is 99.2 Å². The van der Waals surface area contributed by atoms with Gasteiger partial charge in [-0.05, 0) is 17.7 Å². The number of phenols is 1. The first-order valence-electron chi connectivity index (χ1n) is 5.49. The molecule has 2 atom stereocenters. The van der Waals surface area contributed by atoms with Gasteiger partial charge in [0.2, 0.25) is 0 Å². The van der Waals surface area contributed by atoms with Crippen molar-refractivity contribution < 1.29 is 24.5 Å². The van der Waals surface area contributed by atoms with Gasteiger partial charge in [0, 0.05) is 6.42 Å². The first-order chi connectivity index (χ1) is 8.56. The van der Waals surface area contributed by atoms with Crippen molar-refractivity contribution in [1.82, 2.24) is 5.32 Å². The van der Waals surface area contributed by atoms with Crippen molar-refractivity contribution in [2.75, 3.05) is 6.61 Å². The number of aromatic hydroxyl groups is 1. The SMILES string of the molecule is O=C(N[C@@H](Cc1ccc(O)cc1)C(=O)O)C1CO1. The van der Waals surface area contributed by atoms with Crippen molar-refractivity contribution in [3.8, 4) is 5.75 Å². The predicted octanol–water partition coefficient (Wildman–Crippen LogP) is -0.0971. The third kappa shape index (κ3) is 3.21. The van der Waals surface area contributed by atoms with Crippen LogP contribution in [0.1, 0.15) is 5.56 Å². The number of amides is 1. The maximum Gasteiger partial charge on any atom is 0.326 e. The third-order valence-corrected chi connectivity index (χ3v) is 2.62. The van der Waals surface area contributed by atoms with Crippen molar-refractivity contribution in [2.24, 2.45) is 0 Å². The van der Waals surface area contributed by atoms with Gasteiger partial charge in [-0.3, -0.25) is 4.79 Å². The molecule has 0 radical (unpaired) electrons. The highest BCUT2D eigenvalue weighted by molar-refractivity contribution is 5.87. The lowest BCUT2D eigenvalue weighted by molar-refractivity contribution is -0.141. The van der Waals surface area contributed by atoms with Crippen LogP contribution in [0.4, 0.5) is 0 Å². The lowest BCUT2D eigenvalue weighted by Gasteiger charge is -2.13. The molecular weight excluding hydrogens is 238 g/mol. The molecule has 2 rings (SSSR count). The zero-order valence-corrected chi connectivity index (χ0v) is 9.50. The number of nitrogens with one attached hydrogen (secondary N) is 1. The molecule has 1 amide bonds. The number of carbonyl (C=O) groups is 2. The van der Waals surface area contributed by atoms with E-state index in [0.29, 0.717) is 6.61 Å². The highest BCUT2D eigenvalue weighted by Gasteiger charge is 2.34. The number of hydrogen-bond donors (Lipinski definition) is 3. The Morgan fingerprint density at radius 2 is 2.00 bits per heavy atom. The van der Waals surface area contributed by atoms with Gasteiger partial charge in [-0.1, -0.05) is 12.1 Å². The molecule has 1 saturated heterocycles. The van der Waals surface area contributed by atoms with E-state index in [-0.39, 0.29) is 12.2 Å². The summed E-state index contributed by atoms with van der Waals surface area (Å²) in [6.45, 7) is 0.345. The molecule has 96 valence electrons. The van der Waals surface area contributed by atoms with Gasteiger partial charge in [-0.25, -0.2) is 4.79 Å². The summed E-state index contributed by atoms with van der Waals surface area (Å²) in [7, 11) is 0. The first-order valence-corrected chi connectivity index (χ1v) is 5.49. The van der Waals surface area contributed by atoms with E-state index in [1.807, 2.05) is 0 Å². The number of epoxide rings is 1. The molecule has 18 heavy (non-hydrogen) atoms. The van der Waals surface area contributed by atoms with Gasteiger partial charge in [0.15, 0.2) is 6.10 Å². The Morgan fingerprint density at radius 3 is 2.50 bits per heavy atom. The average Bonchev–Trinajstić information content (AvgIpc) is 3.14. The second kappa shape index (κ2) is 5.05. The van der Waals surface area contributed by atoms with Crippen LogP contribution in [0.25, 0.3) is 0 Å². The van der Waals surface area contributed by atoms with Crippen molar-refractivity contribution in [3.63, 3.8) is 0 Å². The molecular formula is C12H13NO5. The van der Waals surface area contributed by atoms with Crippen LogP contribution in [0.5, 0.6) is 5.75 Å². The van der Waals surface area contributed by atoms with Crippen molar-refractivity contribution in [3.05, 3.63) is 29.8 Å². The summed E-state index contributed by atoms with van der Waals surface area (Å²) in [4.78, 5) is 22.5. The fraction of sp³-hybridized carbons (Fsp3) is 0.333. The van der Waals surface area contributed by atoms with Crippen molar-refractivity contribution in [2.45, 2.75) is 18.6 Å². The summed E-state index contributed by atoms with van der Waals surface area (Å²) < 4.78 is 4.78. The average molecular weight is 251 g/mol. The fourth-order valence-corrected chi connectivity index (χ4v) is 1.53. The quantitative estimate of drug-likeness (QED) is 0.635. The maximum atomic E-state index is 11.4. The Kier molecular flexibility index (Phi) is 3.47. The largest absolute Gasteiger partial charge is 0.508 e. The number of ether oxygens (including phenoxy) is 1. The Hall–Kier alpha value is -2.08. The summed E-state index contributed by atoms with van der Waals surface area (Å²) >= 11 is 0. The number of carbonyl (C=O) groups excluding carboxylic acids is 1. The molecule has 0 spiro atoms. The molecule has 1 heterocycles. The zero-order chi connectivity index (χ0) is 13.1. The molecule has 1 aliphatic heterocycles. The smallest absolute Gasteiger partial charge is 0.326 e. The molecule has 1 aromatic carbocycles. The minimum atomic E-state index is -1.10. The minimum Gasteiger partial charge on any atom is -0.508 e. The Morgan fingerprint density at radius 1 is 1.39 bits per heavy atom. The number of carboxylic acid groups (broad SMARTS) is 1. The predicted molar refractivity (Wildman–Crippen MR) is 61.1 cm³/mol. The van der Waals surface area contributed by atoms with Crippen LogP contribution >= 0.6 is 0 Å². The van der Waals surface area contributed by atoms with Gasteiger partial charge < -0.3 is 20.3 Å². The molecule has 1 aliphatic rings. The van der Waals surface area contributed by atoms with E-state index >= 15 is 0 Å². The number of aliphatic carboxylic acids is 1. The van der Waals surface area contributed by atoms with Gasteiger partial charge >= 0.3 is 5.97 Å². The second-order valence-corrected chi connectivity index (χ2v) is 4.09. The van der Waals surface area contributed by atoms with Gasteiger partial charge in [0.1, 0.15) is 11.8 Å². The molecule has 0 saturated carbocycles. The van der Waals surface area contributed by atoms with Gasteiger partial charge in [0.25, 0.3) is 5.91 Å². The second-order valence-electron chi connectivity index (χ2n) is 4.09. The minimum absolute atomic E-state index is 0.112. The van der Waals surface area contributed by atoms with Crippen LogP contribution in [0.3, 0.4) is 0 Å². The van der Waals surface area contributed by atoms with E-state index in [4.69, 9.17) is 14.9 Å². The van der Waals surface area contributed by atoms with Crippen LogP contribution in [0.2, 0.25) is 0 Å². The van der Waals surface area contributed by atoms with E-state index in [2.05, 4.69) is 5.32 Å². The molecule has 3 N–H and O–H groups in total. The normalized spacial score (nSPS) is 19.0. The van der Waals surface area contributed by atoms with Crippen molar-refractivity contribution in [1.29, 1.82) is 0 Å². The van der Waals surface area contributed by atoms with Gasteiger partial charge in [0.05, 0.1) is 6.61 Å². The monoisotopic (exact) mass is 251 g/mol. The van der Waals surface area contributed by atoms with Crippen LogP contribution in [-0.4, -0.2) is 40.8 Å². The molecule has 0 aromatic heterocycles. The third-order valence-electron chi connectivity index (χ3n) is 2.62. The molecule has 0 bridgehead atoms. The number of carboxylic acids is 1. The standard InChI is InChI=1S/C12H13NO5/c14-8-3-1-7(2-4-8)5-9(12(16)17)13-11(15)10-6-18-10/h1-4,9-10,14H,5-6H2,(H,13,15)(H,16,17)/t9-,10?/m0/s1. The highest BCUT2D eigenvalue weighted by Crippen LogP contribution is 2.13. The summed E-state index contributed by atoms with van der Waals surface area (Å²) in [6.07, 6.45) is -0.347. The zero-order valence-electron chi connectivity index (χ0n) is 9.50. The molecule has 1 unspecified atom stereocenters. The lowest BCUT2D eigenvalue weighted by atomic mass is 10.1. The van der Waals surface area contributed by atoms with E-state index in [1.54, 1.807) is 12.1 Å².